The maximum Gasteiger partial charge on any atom is 0.441 e. The van der Waals surface area contributed by atoms with Crippen molar-refractivity contribution in [2.45, 2.75) is 5.51 Å². The molecule has 0 radical (unpaired) electrons. The SMILES string of the molecule is Nc1c(C(=O)NCCSC(F)(F)F)sc2ccccc12. The molecule has 108 valence electrons. The molecule has 0 fully saturated rings. The van der Waals surface area contributed by atoms with Crippen LogP contribution in [-0.2, 0) is 0 Å². The number of carbonyl (C=O) groups is 1. The lowest BCUT2D eigenvalue weighted by Gasteiger charge is -2.06. The Morgan fingerprint density at radius 2 is 2.05 bits per heavy atom. The molecule has 3 nitrogen and oxygen atoms in total. The van der Waals surface area contributed by atoms with Crippen molar-refractivity contribution < 1.29 is 18.0 Å². The molecular formula is C12H11F3N2OS2. The second kappa shape index (κ2) is 5.92. The first-order chi connectivity index (χ1) is 9.38. The number of hydrogen-bond acceptors (Lipinski definition) is 4. The minimum atomic E-state index is -4.28. The summed E-state index contributed by atoms with van der Waals surface area (Å²) in [6.07, 6.45) is 0. The van der Waals surface area contributed by atoms with E-state index in [1.54, 1.807) is 6.07 Å². The van der Waals surface area contributed by atoms with Crippen molar-refractivity contribution >= 4 is 44.8 Å². The fourth-order valence-electron chi connectivity index (χ4n) is 1.65. The zero-order valence-electron chi connectivity index (χ0n) is 10.2. The molecule has 0 aliphatic heterocycles. The van der Waals surface area contributed by atoms with Gasteiger partial charge in [0.1, 0.15) is 4.88 Å². The number of nitrogen functional groups attached to an aromatic ring is 1. The van der Waals surface area contributed by atoms with Crippen molar-refractivity contribution in [1.82, 2.24) is 5.32 Å². The highest BCUT2D eigenvalue weighted by Gasteiger charge is 2.27. The van der Waals surface area contributed by atoms with Crippen LogP contribution in [0.1, 0.15) is 9.67 Å². The van der Waals surface area contributed by atoms with E-state index in [1.807, 2.05) is 18.2 Å². The van der Waals surface area contributed by atoms with Crippen molar-refractivity contribution in [1.29, 1.82) is 0 Å². The maximum absolute atomic E-state index is 11.9. The Kier molecular flexibility index (Phi) is 4.44. The number of rotatable bonds is 4. The van der Waals surface area contributed by atoms with Gasteiger partial charge in [-0.25, -0.2) is 0 Å². The molecule has 1 amide bonds. The van der Waals surface area contributed by atoms with Gasteiger partial charge in [-0.2, -0.15) is 13.2 Å². The lowest BCUT2D eigenvalue weighted by atomic mass is 10.2. The molecule has 0 bridgehead atoms. The Morgan fingerprint density at radius 3 is 2.70 bits per heavy atom. The normalized spacial score (nSPS) is 11.8. The van der Waals surface area contributed by atoms with Crippen LogP contribution in [0, 0.1) is 0 Å². The molecule has 8 heteroatoms. The van der Waals surface area contributed by atoms with Gasteiger partial charge in [-0.05, 0) is 17.8 Å². The van der Waals surface area contributed by atoms with E-state index in [-0.39, 0.29) is 24.1 Å². The van der Waals surface area contributed by atoms with Gasteiger partial charge in [-0.1, -0.05) is 18.2 Å². The van der Waals surface area contributed by atoms with Gasteiger partial charge >= 0.3 is 5.51 Å². The van der Waals surface area contributed by atoms with Gasteiger partial charge in [0, 0.05) is 22.4 Å². The first-order valence-electron chi connectivity index (χ1n) is 5.64. The monoisotopic (exact) mass is 320 g/mol. The average molecular weight is 320 g/mol. The predicted octanol–water partition coefficient (Wildman–Crippen LogP) is 3.47. The molecule has 0 saturated carbocycles. The van der Waals surface area contributed by atoms with E-state index in [0.29, 0.717) is 10.6 Å². The Bertz CT molecular complexity index is 625. The van der Waals surface area contributed by atoms with Crippen molar-refractivity contribution in [2.75, 3.05) is 18.0 Å². The minimum Gasteiger partial charge on any atom is -0.397 e. The molecule has 0 saturated heterocycles. The summed E-state index contributed by atoms with van der Waals surface area (Å²) in [5.74, 6) is -0.661. The number of nitrogens with two attached hydrogens (primary N) is 1. The summed E-state index contributed by atoms with van der Waals surface area (Å²) >= 11 is 1.07. The van der Waals surface area contributed by atoms with Crippen LogP contribution in [-0.4, -0.2) is 23.7 Å². The van der Waals surface area contributed by atoms with Crippen molar-refractivity contribution in [2.24, 2.45) is 0 Å². The van der Waals surface area contributed by atoms with Crippen molar-refractivity contribution in [3.63, 3.8) is 0 Å². The number of amides is 1. The van der Waals surface area contributed by atoms with Gasteiger partial charge in [0.05, 0.1) is 5.69 Å². The number of hydrogen-bond donors (Lipinski definition) is 2. The molecule has 0 aliphatic carbocycles. The second-order valence-corrected chi connectivity index (χ2v) is 6.10. The molecule has 0 aliphatic rings. The number of nitrogens with one attached hydrogen (secondary N) is 1. The highest BCUT2D eigenvalue weighted by Crippen LogP contribution is 2.33. The Hall–Kier alpha value is -1.41. The van der Waals surface area contributed by atoms with Gasteiger partial charge in [-0.15, -0.1) is 11.3 Å². The molecule has 20 heavy (non-hydrogen) atoms. The number of carbonyl (C=O) groups excluding carboxylic acids is 1. The van der Waals surface area contributed by atoms with E-state index in [4.69, 9.17) is 5.73 Å². The van der Waals surface area contributed by atoms with Crippen LogP contribution >= 0.6 is 23.1 Å². The Balaban J connectivity index is 1.99. The van der Waals surface area contributed by atoms with E-state index in [2.05, 4.69) is 5.32 Å². The smallest absolute Gasteiger partial charge is 0.397 e. The summed E-state index contributed by atoms with van der Waals surface area (Å²) in [5, 5.41) is 3.23. The van der Waals surface area contributed by atoms with Crippen LogP contribution in [0.4, 0.5) is 18.9 Å². The van der Waals surface area contributed by atoms with Crippen LogP contribution < -0.4 is 11.1 Å². The third-order valence-electron chi connectivity index (χ3n) is 2.49. The van der Waals surface area contributed by atoms with Crippen LogP contribution in [0.15, 0.2) is 24.3 Å². The molecule has 1 heterocycles. The highest BCUT2D eigenvalue weighted by molar-refractivity contribution is 8.00. The zero-order valence-corrected chi connectivity index (χ0v) is 11.8. The summed E-state index contributed by atoms with van der Waals surface area (Å²) in [7, 11) is 0. The molecule has 0 spiro atoms. The lowest BCUT2D eigenvalue weighted by Crippen LogP contribution is -2.26. The van der Waals surface area contributed by atoms with Crippen molar-refractivity contribution in [3.05, 3.63) is 29.1 Å². The predicted molar refractivity (Wildman–Crippen MR) is 77.1 cm³/mol. The van der Waals surface area contributed by atoms with Gasteiger partial charge in [-0.3, -0.25) is 4.79 Å². The van der Waals surface area contributed by atoms with E-state index >= 15 is 0 Å². The maximum atomic E-state index is 11.9. The van der Waals surface area contributed by atoms with Crippen LogP contribution in [0.2, 0.25) is 0 Å². The van der Waals surface area contributed by atoms with Gasteiger partial charge in [0.25, 0.3) is 5.91 Å². The second-order valence-electron chi connectivity index (χ2n) is 3.89. The number of thiophene rings is 1. The van der Waals surface area contributed by atoms with E-state index in [9.17, 15) is 18.0 Å². The Morgan fingerprint density at radius 1 is 1.35 bits per heavy atom. The van der Waals surface area contributed by atoms with Gasteiger partial charge in [0.15, 0.2) is 0 Å². The molecular weight excluding hydrogens is 309 g/mol. The number of thioether (sulfide) groups is 1. The molecule has 0 atom stereocenters. The van der Waals surface area contributed by atoms with Crippen molar-refractivity contribution in [3.8, 4) is 0 Å². The summed E-state index contributed by atoms with van der Waals surface area (Å²) in [4.78, 5) is 12.2. The summed E-state index contributed by atoms with van der Waals surface area (Å²) < 4.78 is 36.7. The van der Waals surface area contributed by atoms with Gasteiger partial charge in [0.2, 0.25) is 0 Å². The van der Waals surface area contributed by atoms with Gasteiger partial charge < -0.3 is 11.1 Å². The number of halogens is 3. The Labute approximate surface area is 121 Å². The molecule has 1 aromatic carbocycles. The van der Waals surface area contributed by atoms with E-state index in [1.165, 1.54) is 11.3 Å². The fourth-order valence-corrected chi connectivity index (χ4v) is 3.12. The number of benzene rings is 1. The fraction of sp³-hybridized carbons (Fsp3) is 0.250. The molecule has 2 rings (SSSR count). The topological polar surface area (TPSA) is 55.1 Å². The largest absolute Gasteiger partial charge is 0.441 e. The molecule has 3 N–H and O–H groups in total. The number of fused-ring (bicyclic) bond motifs is 1. The lowest BCUT2D eigenvalue weighted by molar-refractivity contribution is -0.0327. The van der Waals surface area contributed by atoms with Crippen LogP contribution in [0.5, 0.6) is 0 Å². The molecule has 1 aromatic heterocycles. The average Bonchev–Trinajstić information content (AvgIpc) is 2.72. The van der Waals surface area contributed by atoms with E-state index < -0.39 is 11.4 Å². The molecule has 2 aromatic rings. The van der Waals surface area contributed by atoms with Crippen LogP contribution in [0.3, 0.4) is 0 Å². The standard InChI is InChI=1S/C12H11F3N2OS2/c13-12(14,15)19-6-5-17-11(18)10-9(16)7-3-1-2-4-8(7)20-10/h1-4H,5-6,16H2,(H,17,18). The van der Waals surface area contributed by atoms with Crippen LogP contribution in [0.25, 0.3) is 10.1 Å². The van der Waals surface area contributed by atoms with E-state index in [0.717, 1.165) is 10.1 Å². The summed E-state index contributed by atoms with van der Waals surface area (Å²) in [5.41, 5.74) is 1.97. The third kappa shape index (κ3) is 3.57. The zero-order chi connectivity index (χ0) is 14.8. The number of alkyl halides is 3. The minimum absolute atomic E-state index is 0.0588. The first kappa shape index (κ1) is 15.0. The summed E-state index contributed by atoms with van der Waals surface area (Å²) in [6, 6.07) is 7.29. The highest BCUT2D eigenvalue weighted by atomic mass is 32.2. The third-order valence-corrected chi connectivity index (χ3v) is 4.41. The molecule has 0 unspecified atom stereocenters. The summed E-state index contributed by atoms with van der Waals surface area (Å²) in [6.45, 7) is -0.0588. The number of anilines is 1. The quantitative estimate of drug-likeness (QED) is 0.848. The first-order valence-corrected chi connectivity index (χ1v) is 7.44.